The number of carbonyl (C=O) groups excluding carboxylic acids is 2. The Kier molecular flexibility index (Phi) is 52.5. The Balaban J connectivity index is 3.48. The van der Waals surface area contributed by atoms with Gasteiger partial charge in [-0.1, -0.05) is 251 Å². The number of hydrogen-bond donors (Lipinski definition) is 1. The fourth-order valence-corrected chi connectivity index (χ4v) is 7.28. The minimum absolute atomic E-state index is 0.107. The summed E-state index contributed by atoms with van der Waals surface area (Å²) < 4.78 is 10.6. The van der Waals surface area contributed by atoms with Gasteiger partial charge in [-0.15, -0.1) is 0 Å². The summed E-state index contributed by atoms with van der Waals surface area (Å²) in [7, 11) is 0. The number of unbranched alkanes of at least 4 members (excludes halogenated alkanes) is 20. The number of aliphatic hydroxyl groups excluding tert-OH is 1. The van der Waals surface area contributed by atoms with Crippen molar-refractivity contribution in [3.05, 3.63) is 122 Å². The summed E-state index contributed by atoms with van der Waals surface area (Å²) in [5.41, 5.74) is 0. The van der Waals surface area contributed by atoms with E-state index in [1.165, 1.54) is 116 Å². The topological polar surface area (TPSA) is 72.8 Å². The van der Waals surface area contributed by atoms with Crippen molar-refractivity contribution < 1.29 is 24.2 Å². The fourth-order valence-electron chi connectivity index (χ4n) is 7.28. The molecule has 66 heavy (non-hydrogen) atoms. The van der Waals surface area contributed by atoms with Crippen molar-refractivity contribution in [3.8, 4) is 0 Å². The average Bonchev–Trinajstić information content (AvgIpc) is 3.32. The summed E-state index contributed by atoms with van der Waals surface area (Å²) >= 11 is 0. The van der Waals surface area contributed by atoms with E-state index in [9.17, 15) is 14.7 Å². The molecule has 0 heterocycles. The van der Waals surface area contributed by atoms with E-state index in [-0.39, 0.29) is 31.6 Å². The van der Waals surface area contributed by atoms with Crippen LogP contribution in [-0.2, 0) is 19.1 Å². The fraction of sp³-hybridized carbons (Fsp3) is 0.639. The maximum absolute atomic E-state index is 12.3. The molecule has 0 saturated carbocycles. The molecule has 374 valence electrons. The number of carbonyl (C=O) groups is 2. The van der Waals surface area contributed by atoms with Crippen molar-refractivity contribution >= 4 is 11.9 Å². The summed E-state index contributed by atoms with van der Waals surface area (Å²) in [5, 5.41) is 9.60. The molecule has 1 N–H and O–H groups in total. The van der Waals surface area contributed by atoms with Gasteiger partial charge in [-0.3, -0.25) is 9.59 Å². The summed E-state index contributed by atoms with van der Waals surface area (Å²) in [6, 6.07) is 0. The first-order chi connectivity index (χ1) is 32.6. The first-order valence-corrected chi connectivity index (χ1v) is 27.1. The van der Waals surface area contributed by atoms with Gasteiger partial charge >= 0.3 is 11.9 Å². The van der Waals surface area contributed by atoms with Crippen LogP contribution in [-0.4, -0.2) is 36.4 Å². The number of aliphatic hydroxyl groups is 1. The molecule has 5 heteroatoms. The smallest absolute Gasteiger partial charge is 0.306 e. The van der Waals surface area contributed by atoms with Crippen molar-refractivity contribution in [1.82, 2.24) is 0 Å². The van der Waals surface area contributed by atoms with Crippen LogP contribution in [0.1, 0.15) is 232 Å². The molecule has 0 spiro atoms. The zero-order valence-electron chi connectivity index (χ0n) is 42.7. The molecule has 0 saturated heterocycles. The van der Waals surface area contributed by atoms with Crippen molar-refractivity contribution in [2.75, 3.05) is 13.2 Å². The van der Waals surface area contributed by atoms with Gasteiger partial charge in [-0.05, 0) is 89.9 Å². The minimum atomic E-state index is -0.805. The highest BCUT2D eigenvalue weighted by Gasteiger charge is 2.16. The summed E-state index contributed by atoms with van der Waals surface area (Å²) in [6.07, 6.45) is 82.0. The van der Waals surface area contributed by atoms with E-state index in [0.717, 1.165) is 83.5 Å². The van der Waals surface area contributed by atoms with Crippen molar-refractivity contribution in [3.63, 3.8) is 0 Å². The standard InChI is InChI=1S/C61H100O5/c1-3-5-7-9-11-13-15-17-18-19-20-21-22-23-24-25-26-27-28-29-30-31-32-33-34-35-36-37-38-39-40-41-42-44-46-48-50-52-54-56-61(64)66-59(57-62)58-65-60(63)55-53-51-49-47-45-43-16-14-12-10-8-6-4-2/h5-8,11-14,17-18,20-21,23-24,26-27,43,45,49,51,59,62H,3-4,9-10,15-16,19,22,25,28-42,44,46-48,50,52-58H2,1-2H3/b7-5-,8-6-,13-11-,14-12-,18-17-,21-20-,24-23-,27-26-,45-43-,51-49-. The summed E-state index contributed by atoms with van der Waals surface area (Å²) in [5.74, 6) is -0.687. The number of esters is 2. The largest absolute Gasteiger partial charge is 0.462 e. The maximum atomic E-state index is 12.3. The third-order valence-electron chi connectivity index (χ3n) is 11.3. The predicted molar refractivity (Wildman–Crippen MR) is 288 cm³/mol. The second-order valence-corrected chi connectivity index (χ2v) is 17.5. The highest BCUT2D eigenvalue weighted by atomic mass is 16.6. The van der Waals surface area contributed by atoms with Crippen LogP contribution in [0.2, 0.25) is 0 Å². The Morgan fingerprint density at radius 2 is 0.636 bits per heavy atom. The van der Waals surface area contributed by atoms with Crippen molar-refractivity contribution in [1.29, 1.82) is 0 Å². The SMILES string of the molecule is CC/C=C\C/C=C\C/C=C\C/C=C\C/C=C\C/C=C\CCCCCCCCCCCCCCCCCCCCCCC(=O)OC(CO)COC(=O)CC/C=C\C/C=C\C/C=C\C/C=C\CC. The lowest BCUT2D eigenvalue weighted by Crippen LogP contribution is -2.28. The van der Waals surface area contributed by atoms with E-state index in [2.05, 4.69) is 123 Å². The lowest BCUT2D eigenvalue weighted by molar-refractivity contribution is -0.161. The Bertz CT molecular complexity index is 1350. The van der Waals surface area contributed by atoms with Crippen LogP contribution in [0.4, 0.5) is 0 Å². The second kappa shape index (κ2) is 55.6. The first kappa shape index (κ1) is 62.3. The molecule has 0 amide bonds. The average molecular weight is 913 g/mol. The van der Waals surface area contributed by atoms with Crippen LogP contribution in [0.5, 0.6) is 0 Å². The number of rotatable bonds is 48. The summed E-state index contributed by atoms with van der Waals surface area (Å²) in [4.78, 5) is 24.3. The van der Waals surface area contributed by atoms with Gasteiger partial charge in [0, 0.05) is 12.8 Å². The molecule has 0 aromatic rings. The van der Waals surface area contributed by atoms with Crippen LogP contribution >= 0.6 is 0 Å². The van der Waals surface area contributed by atoms with Crippen LogP contribution in [0.3, 0.4) is 0 Å². The van der Waals surface area contributed by atoms with Gasteiger partial charge in [-0.25, -0.2) is 0 Å². The quantitative estimate of drug-likeness (QED) is 0.0374. The molecule has 5 nitrogen and oxygen atoms in total. The van der Waals surface area contributed by atoms with Crippen LogP contribution in [0, 0.1) is 0 Å². The molecule has 0 aliphatic rings. The molecule has 1 atom stereocenters. The molecule has 0 aliphatic heterocycles. The highest BCUT2D eigenvalue weighted by molar-refractivity contribution is 5.70. The van der Waals surface area contributed by atoms with E-state index >= 15 is 0 Å². The third-order valence-corrected chi connectivity index (χ3v) is 11.3. The van der Waals surface area contributed by atoms with E-state index in [0.29, 0.717) is 12.8 Å². The molecular weight excluding hydrogens is 813 g/mol. The van der Waals surface area contributed by atoms with Crippen molar-refractivity contribution in [2.24, 2.45) is 0 Å². The lowest BCUT2D eigenvalue weighted by Gasteiger charge is -2.15. The Hall–Kier alpha value is -3.70. The zero-order valence-corrected chi connectivity index (χ0v) is 42.7. The summed E-state index contributed by atoms with van der Waals surface area (Å²) in [6.45, 7) is 3.84. The van der Waals surface area contributed by atoms with Gasteiger partial charge in [0.1, 0.15) is 6.61 Å². The molecule has 0 fully saturated rings. The van der Waals surface area contributed by atoms with Gasteiger partial charge in [0.2, 0.25) is 0 Å². The van der Waals surface area contributed by atoms with E-state index in [4.69, 9.17) is 9.47 Å². The molecule has 0 aromatic carbocycles. The van der Waals surface area contributed by atoms with E-state index in [1.807, 2.05) is 12.2 Å². The number of hydrogen-bond acceptors (Lipinski definition) is 5. The third kappa shape index (κ3) is 52.9. The van der Waals surface area contributed by atoms with E-state index < -0.39 is 6.10 Å². The van der Waals surface area contributed by atoms with Gasteiger partial charge < -0.3 is 14.6 Å². The maximum Gasteiger partial charge on any atom is 0.306 e. The first-order valence-electron chi connectivity index (χ1n) is 27.1. The molecular formula is C61H100O5. The molecule has 0 radical (unpaired) electrons. The van der Waals surface area contributed by atoms with Gasteiger partial charge in [0.25, 0.3) is 0 Å². The van der Waals surface area contributed by atoms with Gasteiger partial charge in [-0.2, -0.15) is 0 Å². The minimum Gasteiger partial charge on any atom is -0.462 e. The Labute approximate surface area is 407 Å². The van der Waals surface area contributed by atoms with Gasteiger partial charge in [0.05, 0.1) is 6.61 Å². The number of allylic oxidation sites excluding steroid dienone is 20. The molecule has 0 bridgehead atoms. The highest BCUT2D eigenvalue weighted by Crippen LogP contribution is 2.16. The van der Waals surface area contributed by atoms with Crippen LogP contribution < -0.4 is 0 Å². The Morgan fingerprint density at radius 1 is 0.348 bits per heavy atom. The molecule has 1 unspecified atom stereocenters. The van der Waals surface area contributed by atoms with Crippen LogP contribution in [0.25, 0.3) is 0 Å². The zero-order chi connectivity index (χ0) is 47.7. The van der Waals surface area contributed by atoms with Crippen LogP contribution in [0.15, 0.2) is 122 Å². The second-order valence-electron chi connectivity index (χ2n) is 17.5. The van der Waals surface area contributed by atoms with Gasteiger partial charge in [0.15, 0.2) is 6.10 Å². The van der Waals surface area contributed by atoms with Crippen molar-refractivity contribution in [2.45, 2.75) is 238 Å². The molecule has 0 aliphatic carbocycles. The lowest BCUT2D eigenvalue weighted by atomic mass is 10.0. The monoisotopic (exact) mass is 913 g/mol. The van der Waals surface area contributed by atoms with E-state index in [1.54, 1.807) is 0 Å². The normalized spacial score (nSPS) is 13.2. The molecule has 0 rings (SSSR count). The Morgan fingerprint density at radius 3 is 0.970 bits per heavy atom. The number of ether oxygens (including phenoxy) is 2. The molecule has 0 aromatic heterocycles. The predicted octanol–water partition coefficient (Wildman–Crippen LogP) is 18.3.